The molecule has 0 bridgehead atoms. The van der Waals surface area contributed by atoms with Crippen molar-refractivity contribution in [2.75, 3.05) is 10.6 Å². The Bertz CT molecular complexity index is 726. The van der Waals surface area contributed by atoms with Crippen LogP contribution >= 0.6 is 11.6 Å². The SMILES string of the molecule is CC(=O)Nc1cccc(-c2cc(NC3CCCCC3)ncc2Cl)c1. The number of benzene rings is 1. The molecule has 0 aliphatic heterocycles. The van der Waals surface area contributed by atoms with E-state index in [-0.39, 0.29) is 5.91 Å². The summed E-state index contributed by atoms with van der Waals surface area (Å²) in [5, 5.41) is 6.93. The van der Waals surface area contributed by atoms with E-state index < -0.39 is 0 Å². The molecule has 24 heavy (non-hydrogen) atoms. The van der Waals surface area contributed by atoms with Crippen molar-refractivity contribution in [3.63, 3.8) is 0 Å². The van der Waals surface area contributed by atoms with Crippen molar-refractivity contribution in [3.8, 4) is 11.1 Å². The van der Waals surface area contributed by atoms with Gasteiger partial charge in [-0.3, -0.25) is 4.79 Å². The van der Waals surface area contributed by atoms with Crippen molar-refractivity contribution in [1.82, 2.24) is 4.98 Å². The summed E-state index contributed by atoms with van der Waals surface area (Å²) in [5.41, 5.74) is 2.63. The van der Waals surface area contributed by atoms with Crippen molar-refractivity contribution in [1.29, 1.82) is 0 Å². The van der Waals surface area contributed by atoms with E-state index in [1.807, 2.05) is 30.3 Å². The number of anilines is 2. The summed E-state index contributed by atoms with van der Waals surface area (Å²) in [5.74, 6) is 0.763. The zero-order valence-corrected chi connectivity index (χ0v) is 14.6. The first-order chi connectivity index (χ1) is 11.6. The number of amides is 1. The topological polar surface area (TPSA) is 54.0 Å². The second kappa shape index (κ2) is 7.67. The molecule has 0 radical (unpaired) electrons. The Morgan fingerprint density at radius 2 is 2.00 bits per heavy atom. The van der Waals surface area contributed by atoms with Gasteiger partial charge in [0.2, 0.25) is 5.91 Å². The van der Waals surface area contributed by atoms with Crippen LogP contribution in [0.15, 0.2) is 36.5 Å². The highest BCUT2D eigenvalue weighted by Gasteiger charge is 2.14. The Labute approximate surface area is 147 Å². The summed E-state index contributed by atoms with van der Waals surface area (Å²) in [6, 6.07) is 10.2. The number of pyridine rings is 1. The number of hydrogen-bond donors (Lipinski definition) is 2. The lowest BCUT2D eigenvalue weighted by Crippen LogP contribution is -2.22. The van der Waals surface area contributed by atoms with Gasteiger partial charge in [0.1, 0.15) is 5.82 Å². The van der Waals surface area contributed by atoms with Crippen LogP contribution in [0.5, 0.6) is 0 Å². The molecule has 1 aromatic carbocycles. The summed E-state index contributed by atoms with van der Waals surface area (Å²) in [6.45, 7) is 1.50. The van der Waals surface area contributed by atoms with Gasteiger partial charge in [-0.15, -0.1) is 0 Å². The summed E-state index contributed by atoms with van der Waals surface area (Å²) in [6.07, 6.45) is 7.95. The van der Waals surface area contributed by atoms with Gasteiger partial charge < -0.3 is 10.6 Å². The molecule has 0 atom stereocenters. The average molecular weight is 344 g/mol. The van der Waals surface area contributed by atoms with Gasteiger partial charge in [-0.1, -0.05) is 43.0 Å². The number of halogens is 1. The van der Waals surface area contributed by atoms with Gasteiger partial charge in [-0.05, 0) is 36.6 Å². The highest BCUT2D eigenvalue weighted by Crippen LogP contribution is 2.31. The van der Waals surface area contributed by atoms with Crippen LogP contribution in [0, 0.1) is 0 Å². The van der Waals surface area contributed by atoms with Gasteiger partial charge in [-0.25, -0.2) is 4.98 Å². The molecule has 1 aromatic heterocycles. The number of carbonyl (C=O) groups excluding carboxylic acids is 1. The van der Waals surface area contributed by atoms with Crippen molar-refractivity contribution >= 4 is 29.0 Å². The van der Waals surface area contributed by atoms with E-state index >= 15 is 0 Å². The standard InChI is InChI=1S/C19H22ClN3O/c1-13(24)22-16-9-5-6-14(10-16)17-11-19(21-12-18(17)20)23-15-7-3-2-4-8-15/h5-6,9-12,15H,2-4,7-8H2,1H3,(H,21,23)(H,22,24). The molecule has 4 nitrogen and oxygen atoms in total. The van der Waals surface area contributed by atoms with Gasteiger partial charge in [0, 0.05) is 30.4 Å². The van der Waals surface area contributed by atoms with E-state index in [2.05, 4.69) is 15.6 Å². The van der Waals surface area contributed by atoms with E-state index in [9.17, 15) is 4.79 Å². The molecule has 1 aliphatic carbocycles. The minimum absolute atomic E-state index is 0.0902. The van der Waals surface area contributed by atoms with Crippen LogP contribution < -0.4 is 10.6 Å². The molecule has 126 valence electrons. The lowest BCUT2D eigenvalue weighted by Gasteiger charge is -2.23. The monoisotopic (exact) mass is 343 g/mol. The molecule has 3 rings (SSSR count). The highest BCUT2D eigenvalue weighted by atomic mass is 35.5. The van der Waals surface area contributed by atoms with E-state index in [1.54, 1.807) is 6.20 Å². The first-order valence-corrected chi connectivity index (χ1v) is 8.80. The fourth-order valence-corrected chi connectivity index (χ4v) is 3.38. The fourth-order valence-electron chi connectivity index (χ4n) is 3.16. The number of carbonyl (C=O) groups is 1. The molecule has 1 aliphatic rings. The molecule has 1 amide bonds. The Balaban J connectivity index is 1.84. The van der Waals surface area contributed by atoms with Crippen LogP contribution in [0.1, 0.15) is 39.0 Å². The quantitative estimate of drug-likeness (QED) is 0.811. The van der Waals surface area contributed by atoms with E-state index in [1.165, 1.54) is 39.0 Å². The van der Waals surface area contributed by atoms with Crippen LogP contribution in [-0.2, 0) is 4.79 Å². The molecule has 0 spiro atoms. The van der Waals surface area contributed by atoms with Gasteiger partial charge in [-0.2, -0.15) is 0 Å². The summed E-state index contributed by atoms with van der Waals surface area (Å²) >= 11 is 6.35. The fraction of sp³-hybridized carbons (Fsp3) is 0.368. The number of hydrogen-bond acceptors (Lipinski definition) is 3. The number of rotatable bonds is 4. The maximum absolute atomic E-state index is 11.2. The van der Waals surface area contributed by atoms with E-state index in [4.69, 9.17) is 11.6 Å². The Hall–Kier alpha value is -2.07. The van der Waals surface area contributed by atoms with Crippen molar-refractivity contribution in [3.05, 3.63) is 41.6 Å². The van der Waals surface area contributed by atoms with Gasteiger partial charge >= 0.3 is 0 Å². The lowest BCUT2D eigenvalue weighted by atomic mass is 9.95. The maximum Gasteiger partial charge on any atom is 0.221 e. The van der Waals surface area contributed by atoms with Gasteiger partial charge in [0.25, 0.3) is 0 Å². The first-order valence-electron chi connectivity index (χ1n) is 8.42. The lowest BCUT2D eigenvalue weighted by molar-refractivity contribution is -0.114. The van der Waals surface area contributed by atoms with Crippen LogP contribution in [0.2, 0.25) is 5.02 Å². The molecule has 5 heteroatoms. The van der Waals surface area contributed by atoms with Crippen molar-refractivity contribution in [2.45, 2.75) is 45.1 Å². The van der Waals surface area contributed by atoms with Gasteiger partial charge in [0.15, 0.2) is 0 Å². The number of nitrogens with zero attached hydrogens (tertiary/aromatic N) is 1. The Kier molecular flexibility index (Phi) is 5.36. The maximum atomic E-state index is 11.2. The van der Waals surface area contributed by atoms with Crippen LogP contribution in [-0.4, -0.2) is 16.9 Å². The third-order valence-corrected chi connectivity index (χ3v) is 4.61. The van der Waals surface area contributed by atoms with Crippen molar-refractivity contribution < 1.29 is 4.79 Å². The minimum atomic E-state index is -0.0902. The Morgan fingerprint density at radius 1 is 1.21 bits per heavy atom. The zero-order chi connectivity index (χ0) is 16.9. The van der Waals surface area contributed by atoms with E-state index in [0.29, 0.717) is 11.1 Å². The normalized spacial score (nSPS) is 15.1. The number of nitrogens with one attached hydrogen (secondary N) is 2. The third-order valence-electron chi connectivity index (χ3n) is 4.31. The molecular formula is C19H22ClN3O. The highest BCUT2D eigenvalue weighted by molar-refractivity contribution is 6.33. The molecule has 1 saturated carbocycles. The minimum Gasteiger partial charge on any atom is -0.367 e. The molecule has 0 saturated heterocycles. The zero-order valence-electron chi connectivity index (χ0n) is 13.8. The van der Waals surface area contributed by atoms with E-state index in [0.717, 1.165) is 22.6 Å². The molecule has 1 heterocycles. The summed E-state index contributed by atoms with van der Waals surface area (Å²) in [4.78, 5) is 15.7. The Morgan fingerprint density at radius 3 is 2.75 bits per heavy atom. The largest absolute Gasteiger partial charge is 0.367 e. The molecule has 1 fully saturated rings. The predicted molar refractivity (Wildman–Crippen MR) is 99.5 cm³/mol. The van der Waals surface area contributed by atoms with Gasteiger partial charge in [0.05, 0.1) is 5.02 Å². The third kappa shape index (κ3) is 4.26. The first kappa shape index (κ1) is 16.8. The summed E-state index contributed by atoms with van der Waals surface area (Å²) < 4.78 is 0. The average Bonchev–Trinajstić information content (AvgIpc) is 2.57. The molecule has 2 aromatic rings. The predicted octanol–water partition coefficient (Wildman–Crippen LogP) is 5.11. The van der Waals surface area contributed by atoms with Crippen LogP contribution in [0.3, 0.4) is 0 Å². The smallest absolute Gasteiger partial charge is 0.221 e. The molecule has 2 N–H and O–H groups in total. The molecular weight excluding hydrogens is 322 g/mol. The second-order valence-corrected chi connectivity index (χ2v) is 6.70. The second-order valence-electron chi connectivity index (χ2n) is 6.29. The van der Waals surface area contributed by atoms with Crippen LogP contribution in [0.25, 0.3) is 11.1 Å². The van der Waals surface area contributed by atoms with Crippen LogP contribution in [0.4, 0.5) is 11.5 Å². The van der Waals surface area contributed by atoms with Crippen molar-refractivity contribution in [2.24, 2.45) is 0 Å². The number of aromatic nitrogens is 1. The molecule has 0 unspecified atom stereocenters. The summed E-state index contributed by atoms with van der Waals surface area (Å²) in [7, 11) is 0.